The van der Waals surface area contributed by atoms with E-state index in [9.17, 15) is 4.79 Å². The van der Waals surface area contributed by atoms with Crippen LogP contribution in [0.4, 0.5) is 0 Å². The number of rotatable bonds is 3. The van der Waals surface area contributed by atoms with Gasteiger partial charge in [0.15, 0.2) is 6.61 Å². The summed E-state index contributed by atoms with van der Waals surface area (Å²) >= 11 is 0. The van der Waals surface area contributed by atoms with Gasteiger partial charge in [-0.25, -0.2) is 0 Å². The summed E-state index contributed by atoms with van der Waals surface area (Å²) in [5, 5.41) is 0. The molecular weight excluding hydrogens is 242 g/mol. The van der Waals surface area contributed by atoms with Gasteiger partial charge in [0.25, 0.3) is 5.91 Å². The second-order valence-electron chi connectivity index (χ2n) is 5.59. The lowest BCUT2D eigenvalue weighted by atomic mass is 10.1. The fraction of sp³-hybridized carbons (Fsp3) is 0.533. The standard InChI is InChI=1S/C15H21NO3/c1-11-6-5-7-13(8-11)18-9-14(17)16-12(2)19-10-15(16,3)4/h5-8,12H,9-10H2,1-4H3. The zero-order chi connectivity index (χ0) is 14.0. The molecule has 0 aliphatic carbocycles. The molecular formula is C15H21NO3. The van der Waals surface area contributed by atoms with Crippen LogP contribution in [-0.4, -0.2) is 35.8 Å². The van der Waals surface area contributed by atoms with E-state index >= 15 is 0 Å². The van der Waals surface area contributed by atoms with Crippen molar-refractivity contribution >= 4 is 5.91 Å². The van der Waals surface area contributed by atoms with Crippen LogP contribution in [0.1, 0.15) is 26.3 Å². The van der Waals surface area contributed by atoms with Gasteiger partial charge in [0.05, 0.1) is 12.1 Å². The number of carbonyl (C=O) groups is 1. The van der Waals surface area contributed by atoms with E-state index in [0.717, 1.165) is 11.3 Å². The minimum Gasteiger partial charge on any atom is -0.484 e. The molecule has 1 amide bonds. The summed E-state index contributed by atoms with van der Waals surface area (Å²) in [5.41, 5.74) is 0.843. The van der Waals surface area contributed by atoms with Crippen LogP contribution in [0, 0.1) is 6.92 Å². The zero-order valence-corrected chi connectivity index (χ0v) is 12.0. The van der Waals surface area contributed by atoms with Crippen LogP contribution in [-0.2, 0) is 9.53 Å². The molecule has 0 spiro atoms. The van der Waals surface area contributed by atoms with Gasteiger partial charge in [-0.15, -0.1) is 0 Å². The van der Waals surface area contributed by atoms with Gasteiger partial charge in [-0.1, -0.05) is 12.1 Å². The summed E-state index contributed by atoms with van der Waals surface area (Å²) in [6.45, 7) is 8.49. The molecule has 1 aromatic carbocycles. The molecule has 1 atom stereocenters. The Morgan fingerprint density at radius 1 is 1.53 bits per heavy atom. The molecule has 1 aliphatic heterocycles. The van der Waals surface area contributed by atoms with Crippen LogP contribution in [0.3, 0.4) is 0 Å². The highest BCUT2D eigenvalue weighted by atomic mass is 16.5. The number of benzene rings is 1. The molecule has 0 radical (unpaired) electrons. The lowest BCUT2D eigenvalue weighted by Gasteiger charge is -2.31. The van der Waals surface area contributed by atoms with Crippen molar-refractivity contribution in [2.45, 2.75) is 39.5 Å². The summed E-state index contributed by atoms with van der Waals surface area (Å²) in [4.78, 5) is 14.0. The first-order valence-electron chi connectivity index (χ1n) is 6.53. The predicted molar refractivity (Wildman–Crippen MR) is 73.0 cm³/mol. The number of hydrogen-bond donors (Lipinski definition) is 0. The number of ether oxygens (including phenoxy) is 2. The first kappa shape index (κ1) is 13.9. The topological polar surface area (TPSA) is 38.8 Å². The van der Waals surface area contributed by atoms with E-state index < -0.39 is 0 Å². The summed E-state index contributed by atoms with van der Waals surface area (Å²) in [6.07, 6.45) is -0.191. The third-order valence-electron chi connectivity index (χ3n) is 3.31. The second-order valence-corrected chi connectivity index (χ2v) is 5.59. The average Bonchev–Trinajstić information content (AvgIpc) is 2.61. The van der Waals surface area contributed by atoms with E-state index in [-0.39, 0.29) is 24.3 Å². The smallest absolute Gasteiger partial charge is 0.263 e. The van der Waals surface area contributed by atoms with Crippen molar-refractivity contribution in [2.24, 2.45) is 0 Å². The molecule has 1 unspecified atom stereocenters. The van der Waals surface area contributed by atoms with Crippen molar-refractivity contribution in [3.8, 4) is 5.75 Å². The van der Waals surface area contributed by atoms with Crippen molar-refractivity contribution in [2.75, 3.05) is 13.2 Å². The summed E-state index contributed by atoms with van der Waals surface area (Å²) in [7, 11) is 0. The number of aryl methyl sites for hydroxylation is 1. The highest BCUT2D eigenvalue weighted by Crippen LogP contribution is 2.26. The maximum atomic E-state index is 12.3. The molecule has 1 saturated heterocycles. The normalized spacial score (nSPS) is 21.5. The van der Waals surface area contributed by atoms with Gasteiger partial charge < -0.3 is 14.4 Å². The highest BCUT2D eigenvalue weighted by molar-refractivity contribution is 5.79. The van der Waals surface area contributed by atoms with Crippen molar-refractivity contribution in [3.05, 3.63) is 29.8 Å². The first-order chi connectivity index (χ1) is 8.90. The van der Waals surface area contributed by atoms with Crippen LogP contribution >= 0.6 is 0 Å². The first-order valence-corrected chi connectivity index (χ1v) is 6.53. The molecule has 1 heterocycles. The Morgan fingerprint density at radius 3 is 2.84 bits per heavy atom. The van der Waals surface area contributed by atoms with Gasteiger partial charge >= 0.3 is 0 Å². The molecule has 0 aromatic heterocycles. The SMILES string of the molecule is Cc1cccc(OCC(=O)N2C(C)OCC2(C)C)c1. The quantitative estimate of drug-likeness (QED) is 0.840. The van der Waals surface area contributed by atoms with Gasteiger partial charge in [-0.05, 0) is 45.4 Å². The molecule has 1 aromatic rings. The number of carbonyl (C=O) groups excluding carboxylic acids is 1. The van der Waals surface area contributed by atoms with E-state index in [1.54, 1.807) is 4.90 Å². The predicted octanol–water partition coefficient (Wildman–Crippen LogP) is 2.36. The maximum Gasteiger partial charge on any atom is 0.263 e. The van der Waals surface area contributed by atoms with Crippen LogP contribution in [0.5, 0.6) is 5.75 Å². The molecule has 0 saturated carbocycles. The maximum absolute atomic E-state index is 12.3. The molecule has 4 heteroatoms. The third kappa shape index (κ3) is 3.07. The Kier molecular flexibility index (Phi) is 3.80. The van der Waals surface area contributed by atoms with Gasteiger partial charge in [0.2, 0.25) is 0 Å². The second kappa shape index (κ2) is 5.21. The molecule has 104 valence electrons. The minimum absolute atomic E-state index is 0.0422. The van der Waals surface area contributed by atoms with Gasteiger partial charge in [0.1, 0.15) is 12.0 Å². The van der Waals surface area contributed by atoms with Crippen molar-refractivity contribution in [3.63, 3.8) is 0 Å². The van der Waals surface area contributed by atoms with Gasteiger partial charge in [-0.2, -0.15) is 0 Å². The van der Waals surface area contributed by atoms with E-state index in [2.05, 4.69) is 0 Å². The van der Waals surface area contributed by atoms with Crippen LogP contribution in [0.15, 0.2) is 24.3 Å². The van der Waals surface area contributed by atoms with E-state index in [4.69, 9.17) is 9.47 Å². The molecule has 4 nitrogen and oxygen atoms in total. The molecule has 1 fully saturated rings. The summed E-state index contributed by atoms with van der Waals surface area (Å²) < 4.78 is 11.1. The Hall–Kier alpha value is -1.55. The highest BCUT2D eigenvalue weighted by Gasteiger charge is 2.41. The number of amides is 1. The van der Waals surface area contributed by atoms with E-state index in [0.29, 0.717) is 6.61 Å². The molecule has 1 aliphatic rings. The average molecular weight is 263 g/mol. The minimum atomic E-state index is -0.271. The largest absolute Gasteiger partial charge is 0.484 e. The van der Waals surface area contributed by atoms with Gasteiger partial charge in [0, 0.05) is 0 Å². The molecule has 2 rings (SSSR count). The van der Waals surface area contributed by atoms with E-state index in [1.165, 1.54) is 0 Å². The van der Waals surface area contributed by atoms with Crippen molar-refractivity contribution in [1.29, 1.82) is 0 Å². The monoisotopic (exact) mass is 263 g/mol. The Morgan fingerprint density at radius 2 is 2.26 bits per heavy atom. The molecule has 0 N–H and O–H groups in total. The fourth-order valence-corrected chi connectivity index (χ4v) is 2.42. The van der Waals surface area contributed by atoms with Crippen molar-refractivity contribution < 1.29 is 14.3 Å². The lowest BCUT2D eigenvalue weighted by molar-refractivity contribution is -0.141. The molecule has 0 bridgehead atoms. The fourth-order valence-electron chi connectivity index (χ4n) is 2.42. The van der Waals surface area contributed by atoms with Crippen LogP contribution in [0.2, 0.25) is 0 Å². The third-order valence-corrected chi connectivity index (χ3v) is 3.31. The molecule has 19 heavy (non-hydrogen) atoms. The lowest BCUT2D eigenvalue weighted by Crippen LogP contribution is -2.49. The zero-order valence-electron chi connectivity index (χ0n) is 12.0. The van der Waals surface area contributed by atoms with Gasteiger partial charge in [-0.3, -0.25) is 4.79 Å². The number of hydrogen-bond acceptors (Lipinski definition) is 3. The van der Waals surface area contributed by atoms with Crippen LogP contribution < -0.4 is 4.74 Å². The number of nitrogens with zero attached hydrogens (tertiary/aromatic N) is 1. The summed E-state index contributed by atoms with van der Waals surface area (Å²) in [6, 6.07) is 7.69. The van der Waals surface area contributed by atoms with E-state index in [1.807, 2.05) is 52.0 Å². The Labute approximate surface area is 114 Å². The van der Waals surface area contributed by atoms with Crippen LogP contribution in [0.25, 0.3) is 0 Å². The summed E-state index contributed by atoms with van der Waals surface area (Å²) in [5.74, 6) is 0.676. The Bertz CT molecular complexity index is 470. The Balaban J connectivity index is 1.98. The van der Waals surface area contributed by atoms with Crippen molar-refractivity contribution in [1.82, 2.24) is 4.90 Å².